The Bertz CT molecular complexity index is 1440. The van der Waals surface area contributed by atoms with E-state index in [0.717, 1.165) is 33.3 Å². The lowest BCUT2D eigenvalue weighted by Gasteiger charge is -2.22. The summed E-state index contributed by atoms with van der Waals surface area (Å²) in [6.07, 6.45) is 3.72. The zero-order chi connectivity index (χ0) is 23.8. The molecular formula is C24H22N6O2S2. The highest BCUT2D eigenvalue weighted by Crippen LogP contribution is 2.34. The van der Waals surface area contributed by atoms with Gasteiger partial charge >= 0.3 is 0 Å². The van der Waals surface area contributed by atoms with Gasteiger partial charge in [-0.3, -0.25) is 14.0 Å². The number of benzene rings is 1. The van der Waals surface area contributed by atoms with Gasteiger partial charge in [-0.05, 0) is 44.4 Å². The minimum absolute atomic E-state index is 0.140. The lowest BCUT2D eigenvalue weighted by atomic mass is 10.1. The lowest BCUT2D eigenvalue weighted by Crippen LogP contribution is -2.40. The molecule has 0 unspecified atom stereocenters. The molecule has 0 bridgehead atoms. The lowest BCUT2D eigenvalue weighted by molar-refractivity contribution is 0.0731. The third kappa shape index (κ3) is 4.20. The van der Waals surface area contributed by atoms with Crippen LogP contribution in [0.1, 0.15) is 50.1 Å². The summed E-state index contributed by atoms with van der Waals surface area (Å²) in [5.74, 6) is -0.343. The number of imidazole rings is 1. The number of nitrogens with zero attached hydrogens (tertiary/aromatic N) is 5. The average molecular weight is 491 g/mol. The molecule has 1 aliphatic carbocycles. The molecule has 1 N–H and O–H groups in total. The summed E-state index contributed by atoms with van der Waals surface area (Å²) in [6.45, 7) is 4.43. The van der Waals surface area contributed by atoms with E-state index < -0.39 is 0 Å². The van der Waals surface area contributed by atoms with Crippen molar-refractivity contribution in [2.45, 2.75) is 32.7 Å². The highest BCUT2D eigenvalue weighted by molar-refractivity contribution is 7.15. The first-order valence-electron chi connectivity index (χ1n) is 11.0. The summed E-state index contributed by atoms with van der Waals surface area (Å²) in [4.78, 5) is 38.7. The number of nitriles is 1. The molecule has 3 aromatic heterocycles. The first kappa shape index (κ1) is 22.3. The SMILES string of the molecule is Cc1nc(C(=O)N(CCNC(=O)c2c(C)nc3sccn23)C2CC2)c(-c2cccc(C#N)c2)s1. The smallest absolute Gasteiger partial charge is 0.274 e. The van der Waals surface area contributed by atoms with E-state index in [9.17, 15) is 14.9 Å². The Balaban J connectivity index is 1.33. The highest BCUT2D eigenvalue weighted by Gasteiger charge is 2.35. The van der Waals surface area contributed by atoms with Gasteiger partial charge in [0.1, 0.15) is 11.4 Å². The van der Waals surface area contributed by atoms with Crippen LogP contribution in [0.15, 0.2) is 35.8 Å². The molecule has 4 aromatic rings. The van der Waals surface area contributed by atoms with Crippen LogP contribution in [0, 0.1) is 25.2 Å². The molecule has 0 saturated heterocycles. The van der Waals surface area contributed by atoms with E-state index in [1.807, 2.05) is 42.5 Å². The van der Waals surface area contributed by atoms with Crippen molar-refractivity contribution in [3.63, 3.8) is 0 Å². The molecule has 2 amide bonds. The number of thiazole rings is 2. The first-order chi connectivity index (χ1) is 16.5. The van der Waals surface area contributed by atoms with Crippen LogP contribution in [-0.2, 0) is 0 Å². The molecule has 1 aliphatic rings. The monoisotopic (exact) mass is 490 g/mol. The Morgan fingerprint density at radius 1 is 1.29 bits per heavy atom. The average Bonchev–Trinajstić information content (AvgIpc) is 3.31. The van der Waals surface area contributed by atoms with Crippen molar-refractivity contribution in [3.8, 4) is 16.5 Å². The van der Waals surface area contributed by atoms with E-state index in [1.54, 1.807) is 16.5 Å². The van der Waals surface area contributed by atoms with Crippen molar-refractivity contribution in [1.82, 2.24) is 24.6 Å². The van der Waals surface area contributed by atoms with Crippen LogP contribution in [-0.4, -0.2) is 50.2 Å². The van der Waals surface area contributed by atoms with Gasteiger partial charge in [0.2, 0.25) is 0 Å². The zero-order valence-corrected chi connectivity index (χ0v) is 20.4. The molecule has 0 atom stereocenters. The maximum absolute atomic E-state index is 13.6. The van der Waals surface area contributed by atoms with E-state index in [0.29, 0.717) is 35.7 Å². The van der Waals surface area contributed by atoms with E-state index >= 15 is 0 Å². The number of rotatable bonds is 7. The van der Waals surface area contributed by atoms with Gasteiger partial charge in [-0.25, -0.2) is 9.97 Å². The van der Waals surface area contributed by atoms with E-state index in [2.05, 4.69) is 21.4 Å². The maximum atomic E-state index is 13.6. The van der Waals surface area contributed by atoms with Crippen molar-refractivity contribution in [1.29, 1.82) is 5.26 Å². The fourth-order valence-electron chi connectivity index (χ4n) is 4.01. The molecule has 1 aromatic carbocycles. The molecular weight excluding hydrogens is 468 g/mol. The Morgan fingerprint density at radius 2 is 2.12 bits per heavy atom. The van der Waals surface area contributed by atoms with Gasteiger partial charge in [0.05, 0.1) is 27.2 Å². The number of amides is 2. The van der Waals surface area contributed by atoms with Gasteiger partial charge in [0.25, 0.3) is 11.8 Å². The third-order valence-electron chi connectivity index (χ3n) is 5.73. The maximum Gasteiger partial charge on any atom is 0.274 e. The van der Waals surface area contributed by atoms with E-state index in [-0.39, 0.29) is 17.9 Å². The van der Waals surface area contributed by atoms with E-state index in [1.165, 1.54) is 22.7 Å². The minimum Gasteiger partial charge on any atom is -0.349 e. The van der Waals surface area contributed by atoms with Crippen molar-refractivity contribution < 1.29 is 9.59 Å². The molecule has 3 heterocycles. The number of aryl methyl sites for hydroxylation is 2. The Labute approximate surface area is 204 Å². The normalized spacial score (nSPS) is 13.1. The van der Waals surface area contributed by atoms with E-state index in [4.69, 9.17) is 0 Å². The van der Waals surface area contributed by atoms with Crippen molar-refractivity contribution in [2.24, 2.45) is 0 Å². The topological polar surface area (TPSA) is 103 Å². The molecule has 0 radical (unpaired) electrons. The molecule has 0 spiro atoms. The summed E-state index contributed by atoms with van der Waals surface area (Å²) in [7, 11) is 0. The summed E-state index contributed by atoms with van der Waals surface area (Å²) in [5, 5.41) is 14.9. The second kappa shape index (κ2) is 9.00. The van der Waals surface area contributed by atoms with Gasteiger partial charge in [0, 0.05) is 30.7 Å². The number of carbonyl (C=O) groups is 2. The predicted octanol–water partition coefficient (Wildman–Crippen LogP) is 4.04. The van der Waals surface area contributed by atoms with Gasteiger partial charge in [-0.1, -0.05) is 12.1 Å². The summed E-state index contributed by atoms with van der Waals surface area (Å²) in [5.41, 5.74) is 2.96. The Hall–Kier alpha value is -3.55. The number of fused-ring (bicyclic) bond motifs is 1. The summed E-state index contributed by atoms with van der Waals surface area (Å²) < 4.78 is 1.79. The van der Waals surface area contributed by atoms with Gasteiger partial charge in [-0.2, -0.15) is 5.26 Å². The zero-order valence-electron chi connectivity index (χ0n) is 18.7. The molecule has 5 rings (SSSR count). The van der Waals surface area contributed by atoms with Crippen LogP contribution in [0.2, 0.25) is 0 Å². The number of hydrogen-bond donors (Lipinski definition) is 1. The molecule has 1 fully saturated rings. The van der Waals surface area contributed by atoms with Gasteiger partial charge in [0.15, 0.2) is 4.96 Å². The largest absolute Gasteiger partial charge is 0.349 e. The molecule has 1 saturated carbocycles. The van der Waals surface area contributed by atoms with Gasteiger partial charge < -0.3 is 10.2 Å². The minimum atomic E-state index is -0.204. The Morgan fingerprint density at radius 3 is 2.88 bits per heavy atom. The molecule has 0 aliphatic heterocycles. The summed E-state index contributed by atoms with van der Waals surface area (Å²) >= 11 is 2.93. The van der Waals surface area contributed by atoms with Crippen LogP contribution >= 0.6 is 22.7 Å². The van der Waals surface area contributed by atoms with Crippen LogP contribution in [0.5, 0.6) is 0 Å². The fourth-order valence-corrected chi connectivity index (χ4v) is 5.68. The summed E-state index contributed by atoms with van der Waals surface area (Å²) in [6, 6.07) is 9.54. The van der Waals surface area contributed by atoms with Crippen LogP contribution in [0.3, 0.4) is 0 Å². The van der Waals surface area contributed by atoms with Crippen molar-refractivity contribution >= 4 is 39.4 Å². The second-order valence-electron chi connectivity index (χ2n) is 8.19. The van der Waals surface area contributed by atoms with Crippen molar-refractivity contribution in [3.05, 3.63) is 63.5 Å². The number of carbonyl (C=O) groups excluding carboxylic acids is 2. The predicted molar refractivity (Wildman–Crippen MR) is 131 cm³/mol. The Kier molecular flexibility index (Phi) is 5.89. The third-order valence-corrected chi connectivity index (χ3v) is 7.51. The second-order valence-corrected chi connectivity index (χ2v) is 10.3. The van der Waals surface area contributed by atoms with Crippen molar-refractivity contribution in [2.75, 3.05) is 13.1 Å². The van der Waals surface area contributed by atoms with Gasteiger partial charge in [-0.15, -0.1) is 22.7 Å². The first-order valence-corrected chi connectivity index (χ1v) is 12.6. The highest BCUT2D eigenvalue weighted by atomic mass is 32.1. The quantitative estimate of drug-likeness (QED) is 0.421. The molecule has 10 heteroatoms. The number of aromatic nitrogens is 3. The standard InChI is InChI=1S/C24H22N6O2S2/c1-14-20(30-10-11-33-24(30)27-14)22(31)26-8-9-29(18-6-7-18)23(32)19-21(34-15(2)28-19)17-5-3-4-16(12-17)13-25/h3-5,10-12,18H,6-9H2,1-2H3,(H,26,31). The van der Waals surface area contributed by atoms with Crippen LogP contribution in [0.25, 0.3) is 15.4 Å². The molecule has 34 heavy (non-hydrogen) atoms. The number of hydrogen-bond acceptors (Lipinski definition) is 7. The molecule has 8 nitrogen and oxygen atoms in total. The molecule has 172 valence electrons. The van der Waals surface area contributed by atoms with Crippen LogP contribution in [0.4, 0.5) is 0 Å². The fraction of sp³-hybridized carbons (Fsp3) is 0.292. The van der Waals surface area contributed by atoms with Crippen LogP contribution < -0.4 is 5.32 Å². The number of nitrogens with one attached hydrogen (secondary N) is 1.